The maximum atomic E-state index is 12.4. The van der Waals surface area contributed by atoms with Crippen LogP contribution in [0.1, 0.15) is 17.5 Å². The summed E-state index contributed by atoms with van der Waals surface area (Å²) in [7, 11) is 0. The lowest BCUT2D eigenvalue weighted by molar-refractivity contribution is 0.291. The number of halogens is 1. The zero-order valence-electron chi connectivity index (χ0n) is 11.5. The Morgan fingerprint density at radius 1 is 1.19 bits per heavy atom. The highest BCUT2D eigenvalue weighted by Crippen LogP contribution is 2.36. The third kappa shape index (κ3) is 1.84. The molecule has 0 atom stereocenters. The van der Waals surface area contributed by atoms with Gasteiger partial charge in [0.05, 0.1) is 6.61 Å². The first-order chi connectivity index (χ1) is 10.1. The van der Waals surface area contributed by atoms with Crippen molar-refractivity contribution in [3.63, 3.8) is 0 Å². The van der Waals surface area contributed by atoms with Gasteiger partial charge in [-0.05, 0) is 43.0 Å². The van der Waals surface area contributed by atoms with E-state index in [2.05, 4.69) is 0 Å². The highest BCUT2D eigenvalue weighted by Gasteiger charge is 2.19. The van der Waals surface area contributed by atoms with E-state index in [9.17, 15) is 4.79 Å². The first-order valence-corrected chi connectivity index (χ1v) is 7.34. The van der Waals surface area contributed by atoms with E-state index >= 15 is 0 Å². The van der Waals surface area contributed by atoms with Crippen LogP contribution in [-0.2, 0) is 6.42 Å². The fourth-order valence-corrected chi connectivity index (χ4v) is 3.12. The van der Waals surface area contributed by atoms with E-state index in [1.54, 1.807) is 6.07 Å². The van der Waals surface area contributed by atoms with E-state index in [0.717, 1.165) is 34.7 Å². The maximum Gasteiger partial charge on any atom is 0.347 e. The number of hydrogen-bond donors (Lipinski definition) is 0. The van der Waals surface area contributed by atoms with Crippen LogP contribution in [0.2, 0.25) is 5.02 Å². The number of fused-ring (bicyclic) bond motifs is 5. The van der Waals surface area contributed by atoms with Gasteiger partial charge >= 0.3 is 5.63 Å². The van der Waals surface area contributed by atoms with Crippen molar-refractivity contribution in [1.82, 2.24) is 0 Å². The van der Waals surface area contributed by atoms with Gasteiger partial charge in [-0.1, -0.05) is 23.7 Å². The van der Waals surface area contributed by atoms with Crippen LogP contribution in [0.15, 0.2) is 33.5 Å². The summed E-state index contributed by atoms with van der Waals surface area (Å²) >= 11 is 6.22. The van der Waals surface area contributed by atoms with Gasteiger partial charge in [0.15, 0.2) is 0 Å². The molecule has 4 rings (SSSR count). The highest BCUT2D eigenvalue weighted by atomic mass is 35.5. The van der Waals surface area contributed by atoms with Crippen LogP contribution in [-0.4, -0.2) is 6.61 Å². The molecule has 0 saturated heterocycles. The van der Waals surface area contributed by atoms with Crippen LogP contribution < -0.4 is 10.4 Å². The molecule has 3 nitrogen and oxygen atoms in total. The minimum Gasteiger partial charge on any atom is -0.492 e. The van der Waals surface area contributed by atoms with Crippen LogP contribution in [0, 0.1) is 6.92 Å². The molecule has 1 aliphatic heterocycles. The Morgan fingerprint density at radius 3 is 2.90 bits per heavy atom. The molecule has 106 valence electrons. The van der Waals surface area contributed by atoms with Crippen molar-refractivity contribution in [1.29, 1.82) is 0 Å². The molecular formula is C17H13ClO3. The molecule has 0 bridgehead atoms. The first-order valence-electron chi connectivity index (χ1n) is 6.96. The second-order valence-electron chi connectivity index (χ2n) is 5.42. The fraction of sp³-hybridized carbons (Fsp3) is 0.235. The highest BCUT2D eigenvalue weighted by molar-refractivity contribution is 6.32. The Hall–Kier alpha value is -2.00. The van der Waals surface area contributed by atoms with Crippen molar-refractivity contribution in [2.24, 2.45) is 0 Å². The van der Waals surface area contributed by atoms with E-state index in [4.69, 9.17) is 20.8 Å². The molecule has 0 aliphatic carbocycles. The van der Waals surface area contributed by atoms with Crippen LogP contribution in [0.3, 0.4) is 0 Å². The van der Waals surface area contributed by atoms with Gasteiger partial charge in [-0.15, -0.1) is 0 Å². The van der Waals surface area contributed by atoms with Crippen molar-refractivity contribution in [3.05, 3.63) is 50.8 Å². The Morgan fingerprint density at radius 2 is 2.05 bits per heavy atom. The number of rotatable bonds is 0. The molecular weight excluding hydrogens is 288 g/mol. The molecule has 3 aromatic rings. The number of ether oxygens (including phenoxy) is 1. The lowest BCUT2D eigenvalue weighted by Crippen LogP contribution is -2.12. The Balaban J connectivity index is 2.21. The number of benzene rings is 2. The van der Waals surface area contributed by atoms with Gasteiger partial charge in [0.25, 0.3) is 0 Å². The number of aryl methyl sites for hydroxylation is 2. The molecule has 0 radical (unpaired) electrons. The molecule has 0 saturated carbocycles. The summed E-state index contributed by atoms with van der Waals surface area (Å²) < 4.78 is 11.2. The van der Waals surface area contributed by atoms with E-state index in [0.29, 0.717) is 28.3 Å². The molecule has 0 fully saturated rings. The average molecular weight is 301 g/mol. The fourth-order valence-electron chi connectivity index (χ4n) is 2.95. The summed E-state index contributed by atoms with van der Waals surface area (Å²) in [5.74, 6) is 0.672. The van der Waals surface area contributed by atoms with Crippen molar-refractivity contribution in [3.8, 4) is 5.75 Å². The predicted molar refractivity (Wildman–Crippen MR) is 83.6 cm³/mol. The molecule has 0 N–H and O–H groups in total. The summed E-state index contributed by atoms with van der Waals surface area (Å²) in [5.41, 5.74) is 2.17. The van der Waals surface area contributed by atoms with Gasteiger partial charge < -0.3 is 9.15 Å². The zero-order chi connectivity index (χ0) is 14.6. The molecule has 2 heterocycles. The monoisotopic (exact) mass is 300 g/mol. The van der Waals surface area contributed by atoms with Crippen LogP contribution >= 0.6 is 11.6 Å². The van der Waals surface area contributed by atoms with Crippen molar-refractivity contribution < 1.29 is 9.15 Å². The van der Waals surface area contributed by atoms with Crippen molar-refractivity contribution >= 4 is 33.3 Å². The second kappa shape index (κ2) is 4.50. The summed E-state index contributed by atoms with van der Waals surface area (Å²) in [4.78, 5) is 12.4. The largest absolute Gasteiger partial charge is 0.492 e. The first kappa shape index (κ1) is 12.7. The van der Waals surface area contributed by atoms with Gasteiger partial charge in [-0.2, -0.15) is 0 Å². The summed E-state index contributed by atoms with van der Waals surface area (Å²) in [6, 6.07) is 7.66. The van der Waals surface area contributed by atoms with Gasteiger partial charge in [-0.3, -0.25) is 0 Å². The SMILES string of the molecule is Cc1cc2oc(=O)c3c4c(ccc3c2cc1Cl)CCCO4. The molecule has 0 amide bonds. The lowest BCUT2D eigenvalue weighted by Gasteiger charge is -2.18. The van der Waals surface area contributed by atoms with Crippen molar-refractivity contribution in [2.75, 3.05) is 6.61 Å². The Labute approximate surface area is 126 Å². The number of hydrogen-bond acceptors (Lipinski definition) is 3. The van der Waals surface area contributed by atoms with Gasteiger partial charge in [-0.25, -0.2) is 4.79 Å². The summed E-state index contributed by atoms with van der Waals surface area (Å²) in [6.45, 7) is 2.53. The van der Waals surface area contributed by atoms with Gasteiger partial charge in [0.1, 0.15) is 16.7 Å². The van der Waals surface area contributed by atoms with E-state index in [1.165, 1.54) is 0 Å². The second-order valence-corrected chi connectivity index (χ2v) is 5.82. The molecule has 21 heavy (non-hydrogen) atoms. The Kier molecular flexibility index (Phi) is 2.73. The smallest absolute Gasteiger partial charge is 0.347 e. The standard InChI is InChI=1S/C17H13ClO3/c1-9-7-14-12(8-13(9)18)11-5-4-10-3-2-6-20-16(10)15(11)17(19)21-14/h4-5,7-8H,2-3,6H2,1H3. The Bertz CT molecular complexity index is 940. The molecule has 0 unspecified atom stereocenters. The summed E-state index contributed by atoms with van der Waals surface area (Å²) in [5, 5.41) is 2.87. The molecule has 2 aromatic carbocycles. The minimum absolute atomic E-state index is 0.349. The maximum absolute atomic E-state index is 12.4. The predicted octanol–water partition coefficient (Wildman–Crippen LogP) is 4.23. The van der Waals surface area contributed by atoms with E-state index < -0.39 is 0 Å². The van der Waals surface area contributed by atoms with Gasteiger partial charge in [0, 0.05) is 15.8 Å². The molecule has 1 aromatic heterocycles. The van der Waals surface area contributed by atoms with Crippen LogP contribution in [0.5, 0.6) is 5.75 Å². The third-order valence-corrected chi connectivity index (χ3v) is 4.44. The zero-order valence-corrected chi connectivity index (χ0v) is 12.3. The minimum atomic E-state index is -0.349. The molecule has 0 spiro atoms. The van der Waals surface area contributed by atoms with Crippen LogP contribution in [0.25, 0.3) is 21.7 Å². The third-order valence-electron chi connectivity index (χ3n) is 4.03. The quantitative estimate of drug-likeness (QED) is 0.460. The van der Waals surface area contributed by atoms with E-state index in [1.807, 2.05) is 25.1 Å². The van der Waals surface area contributed by atoms with Crippen molar-refractivity contribution in [2.45, 2.75) is 19.8 Å². The van der Waals surface area contributed by atoms with E-state index in [-0.39, 0.29) is 5.63 Å². The summed E-state index contributed by atoms with van der Waals surface area (Å²) in [6.07, 6.45) is 1.90. The normalized spacial score (nSPS) is 14.2. The molecule has 1 aliphatic rings. The van der Waals surface area contributed by atoms with Gasteiger partial charge in [0.2, 0.25) is 0 Å². The van der Waals surface area contributed by atoms with Crippen LogP contribution in [0.4, 0.5) is 0 Å². The topological polar surface area (TPSA) is 39.4 Å². The average Bonchev–Trinajstić information content (AvgIpc) is 2.49. The lowest BCUT2D eigenvalue weighted by atomic mass is 9.99. The molecule has 4 heteroatoms.